The molecule has 0 saturated carbocycles. The lowest BCUT2D eigenvalue weighted by molar-refractivity contribution is -0.0680. The minimum Gasteiger partial charge on any atom is -0.372 e. The van der Waals surface area contributed by atoms with Gasteiger partial charge in [0.1, 0.15) is 0 Å². The molecule has 0 aliphatic carbocycles. The molecule has 2 atom stereocenters. The highest BCUT2D eigenvalue weighted by atomic mass is 79.9. The number of aromatic nitrogens is 1. The SMILES string of the molecule is Cc1nc(CN2CC(C)OC(CBr)C2)cs1. The predicted molar refractivity (Wildman–Crippen MR) is 70.3 cm³/mol. The van der Waals surface area contributed by atoms with Gasteiger partial charge in [-0.1, -0.05) is 15.9 Å². The molecular formula is C11H17BrN2OS. The van der Waals surface area contributed by atoms with Crippen molar-refractivity contribution < 1.29 is 4.74 Å². The minimum atomic E-state index is 0.309. The van der Waals surface area contributed by atoms with Gasteiger partial charge >= 0.3 is 0 Å². The van der Waals surface area contributed by atoms with Gasteiger partial charge in [-0.25, -0.2) is 4.98 Å². The fourth-order valence-electron chi connectivity index (χ4n) is 2.06. The van der Waals surface area contributed by atoms with Crippen LogP contribution in [0.15, 0.2) is 5.38 Å². The van der Waals surface area contributed by atoms with Gasteiger partial charge in [-0.15, -0.1) is 11.3 Å². The Balaban J connectivity index is 1.93. The van der Waals surface area contributed by atoms with Crippen LogP contribution in [0.4, 0.5) is 0 Å². The highest BCUT2D eigenvalue weighted by Crippen LogP contribution is 2.16. The van der Waals surface area contributed by atoms with Crippen molar-refractivity contribution in [2.75, 3.05) is 18.4 Å². The molecule has 90 valence electrons. The van der Waals surface area contributed by atoms with E-state index in [2.05, 4.69) is 45.0 Å². The zero-order valence-electron chi connectivity index (χ0n) is 9.65. The summed E-state index contributed by atoms with van der Waals surface area (Å²) in [5.74, 6) is 0. The first-order valence-corrected chi connectivity index (χ1v) is 7.52. The summed E-state index contributed by atoms with van der Waals surface area (Å²) < 4.78 is 5.80. The van der Waals surface area contributed by atoms with Crippen molar-refractivity contribution in [3.8, 4) is 0 Å². The Bertz CT molecular complexity index is 344. The number of aryl methyl sites for hydroxylation is 1. The third-order valence-electron chi connectivity index (χ3n) is 2.63. The normalized spacial score (nSPS) is 27.2. The number of thiazole rings is 1. The smallest absolute Gasteiger partial charge is 0.0897 e. The third kappa shape index (κ3) is 3.26. The van der Waals surface area contributed by atoms with Crippen LogP contribution < -0.4 is 0 Å². The van der Waals surface area contributed by atoms with E-state index in [-0.39, 0.29) is 0 Å². The monoisotopic (exact) mass is 304 g/mol. The molecule has 1 aliphatic rings. The Morgan fingerprint density at radius 3 is 3.06 bits per heavy atom. The quantitative estimate of drug-likeness (QED) is 0.802. The fraction of sp³-hybridized carbons (Fsp3) is 0.727. The van der Waals surface area contributed by atoms with E-state index in [1.54, 1.807) is 11.3 Å². The zero-order chi connectivity index (χ0) is 11.5. The standard InChI is InChI=1S/C11H17BrN2OS/c1-8-4-14(6-11(3-12)15-8)5-10-7-16-9(2)13-10/h7-8,11H,3-6H2,1-2H3. The van der Waals surface area contributed by atoms with Crippen molar-refractivity contribution >= 4 is 27.3 Å². The van der Waals surface area contributed by atoms with Crippen LogP contribution in [-0.4, -0.2) is 40.5 Å². The van der Waals surface area contributed by atoms with Crippen LogP contribution in [-0.2, 0) is 11.3 Å². The molecule has 3 nitrogen and oxygen atoms in total. The lowest BCUT2D eigenvalue weighted by atomic mass is 10.2. The fourth-order valence-corrected chi connectivity index (χ4v) is 3.03. The molecule has 1 aromatic rings. The summed E-state index contributed by atoms with van der Waals surface area (Å²) in [5, 5.41) is 4.20. The van der Waals surface area contributed by atoms with Crippen LogP contribution in [0.5, 0.6) is 0 Å². The molecule has 0 bridgehead atoms. The minimum absolute atomic E-state index is 0.309. The van der Waals surface area contributed by atoms with Gasteiger partial charge in [0, 0.05) is 30.3 Å². The topological polar surface area (TPSA) is 25.4 Å². The predicted octanol–water partition coefficient (Wildman–Crippen LogP) is 2.44. The summed E-state index contributed by atoms with van der Waals surface area (Å²) in [4.78, 5) is 6.93. The second-order valence-electron chi connectivity index (χ2n) is 4.27. The van der Waals surface area contributed by atoms with Crippen molar-refractivity contribution in [3.63, 3.8) is 0 Å². The number of ether oxygens (including phenoxy) is 1. The molecular weight excluding hydrogens is 288 g/mol. The van der Waals surface area contributed by atoms with E-state index >= 15 is 0 Å². The van der Waals surface area contributed by atoms with Crippen molar-refractivity contribution in [3.05, 3.63) is 16.1 Å². The van der Waals surface area contributed by atoms with Gasteiger partial charge in [-0.3, -0.25) is 4.90 Å². The molecule has 2 rings (SSSR count). The summed E-state index contributed by atoms with van der Waals surface area (Å²) in [6.07, 6.45) is 0.625. The lowest BCUT2D eigenvalue weighted by Crippen LogP contribution is -2.46. The van der Waals surface area contributed by atoms with E-state index in [4.69, 9.17) is 4.74 Å². The average Bonchev–Trinajstić information content (AvgIpc) is 2.63. The maximum atomic E-state index is 5.80. The van der Waals surface area contributed by atoms with Crippen LogP contribution in [0.1, 0.15) is 17.6 Å². The van der Waals surface area contributed by atoms with E-state index in [1.807, 2.05) is 0 Å². The number of morpholine rings is 1. The van der Waals surface area contributed by atoms with Gasteiger partial charge in [-0.2, -0.15) is 0 Å². The zero-order valence-corrected chi connectivity index (χ0v) is 12.1. The Kier molecular flexibility index (Phi) is 4.35. The average molecular weight is 305 g/mol. The Labute approximate surface area is 109 Å². The van der Waals surface area contributed by atoms with Crippen molar-refractivity contribution in [1.29, 1.82) is 0 Å². The lowest BCUT2D eigenvalue weighted by Gasteiger charge is -2.35. The second-order valence-corrected chi connectivity index (χ2v) is 5.98. The molecule has 0 spiro atoms. The van der Waals surface area contributed by atoms with E-state index in [0.717, 1.165) is 30.0 Å². The first-order valence-electron chi connectivity index (χ1n) is 5.52. The summed E-state index contributed by atoms with van der Waals surface area (Å²) in [6, 6.07) is 0. The maximum absolute atomic E-state index is 5.80. The van der Waals surface area contributed by atoms with Gasteiger partial charge in [0.05, 0.1) is 22.9 Å². The van der Waals surface area contributed by atoms with Gasteiger partial charge in [0.15, 0.2) is 0 Å². The third-order valence-corrected chi connectivity index (χ3v) is 4.17. The number of alkyl halides is 1. The van der Waals surface area contributed by atoms with Crippen LogP contribution in [0.25, 0.3) is 0 Å². The number of hydrogen-bond donors (Lipinski definition) is 0. The number of nitrogens with zero attached hydrogens (tertiary/aromatic N) is 2. The molecule has 1 aromatic heterocycles. The summed E-state index contributed by atoms with van der Waals surface area (Å²) in [5.41, 5.74) is 1.19. The van der Waals surface area contributed by atoms with Crippen LogP contribution in [0, 0.1) is 6.92 Å². The van der Waals surface area contributed by atoms with E-state index < -0.39 is 0 Å². The summed E-state index contributed by atoms with van der Waals surface area (Å²) >= 11 is 5.21. The summed E-state index contributed by atoms with van der Waals surface area (Å²) in [7, 11) is 0. The molecule has 2 unspecified atom stereocenters. The Hall–Kier alpha value is 0.0300. The van der Waals surface area contributed by atoms with Crippen LogP contribution in [0.2, 0.25) is 0 Å². The molecule has 0 amide bonds. The largest absolute Gasteiger partial charge is 0.372 e. The van der Waals surface area contributed by atoms with E-state index in [9.17, 15) is 0 Å². The highest BCUT2D eigenvalue weighted by Gasteiger charge is 2.24. The number of halogens is 1. The molecule has 1 saturated heterocycles. The molecule has 16 heavy (non-hydrogen) atoms. The second kappa shape index (κ2) is 5.58. The van der Waals surface area contributed by atoms with Crippen LogP contribution in [0.3, 0.4) is 0 Å². The molecule has 1 fully saturated rings. The van der Waals surface area contributed by atoms with Gasteiger partial charge < -0.3 is 4.74 Å². The molecule has 0 radical (unpaired) electrons. The first kappa shape index (κ1) is 12.5. The van der Waals surface area contributed by atoms with E-state index in [0.29, 0.717) is 12.2 Å². The molecule has 5 heteroatoms. The molecule has 1 aliphatic heterocycles. The number of rotatable bonds is 3. The van der Waals surface area contributed by atoms with Crippen molar-refractivity contribution in [2.45, 2.75) is 32.6 Å². The van der Waals surface area contributed by atoms with Gasteiger partial charge in [-0.05, 0) is 13.8 Å². The summed E-state index contributed by atoms with van der Waals surface area (Å²) in [6.45, 7) is 7.12. The van der Waals surface area contributed by atoms with Crippen molar-refractivity contribution in [1.82, 2.24) is 9.88 Å². The number of hydrogen-bond acceptors (Lipinski definition) is 4. The first-order chi connectivity index (χ1) is 7.67. The maximum Gasteiger partial charge on any atom is 0.0897 e. The highest BCUT2D eigenvalue weighted by molar-refractivity contribution is 9.09. The van der Waals surface area contributed by atoms with Crippen molar-refractivity contribution in [2.24, 2.45) is 0 Å². The molecule has 0 aromatic carbocycles. The molecule has 0 N–H and O–H groups in total. The Morgan fingerprint density at radius 2 is 2.44 bits per heavy atom. The van der Waals surface area contributed by atoms with Gasteiger partial charge in [0.25, 0.3) is 0 Å². The Morgan fingerprint density at radius 1 is 1.62 bits per heavy atom. The van der Waals surface area contributed by atoms with E-state index in [1.165, 1.54) is 5.69 Å². The molecule has 2 heterocycles. The van der Waals surface area contributed by atoms with Crippen LogP contribution >= 0.6 is 27.3 Å². The van der Waals surface area contributed by atoms with Gasteiger partial charge in [0.2, 0.25) is 0 Å².